The third-order valence-electron chi connectivity index (χ3n) is 5.76. The van der Waals surface area contributed by atoms with Gasteiger partial charge in [0.1, 0.15) is 23.9 Å². The number of ketones is 1. The van der Waals surface area contributed by atoms with Gasteiger partial charge in [-0.25, -0.2) is 0 Å². The first-order valence-electron chi connectivity index (χ1n) is 11.8. The molecule has 1 aromatic heterocycles. The van der Waals surface area contributed by atoms with Gasteiger partial charge in [-0.3, -0.25) is 14.6 Å². The molecular weight excluding hydrogens is 456 g/mol. The highest BCUT2D eigenvalue weighted by Gasteiger charge is 2.46. The van der Waals surface area contributed by atoms with Crippen LogP contribution in [0.15, 0.2) is 91.3 Å². The summed E-state index contributed by atoms with van der Waals surface area (Å²) in [5.41, 5.74) is 1.87. The molecule has 7 heteroatoms. The molecule has 1 fully saturated rings. The molecule has 0 radical (unpaired) electrons. The Hall–Kier alpha value is -4.39. The van der Waals surface area contributed by atoms with E-state index in [4.69, 9.17) is 9.47 Å². The van der Waals surface area contributed by atoms with Gasteiger partial charge in [-0.15, -0.1) is 0 Å². The zero-order chi connectivity index (χ0) is 25.5. The van der Waals surface area contributed by atoms with E-state index in [1.807, 2.05) is 13.0 Å². The topological polar surface area (TPSA) is 89.0 Å². The Bertz CT molecular complexity index is 1270. The predicted molar refractivity (Wildman–Crippen MR) is 136 cm³/mol. The summed E-state index contributed by atoms with van der Waals surface area (Å²) >= 11 is 0. The van der Waals surface area contributed by atoms with Crippen molar-refractivity contribution in [1.82, 2.24) is 9.88 Å². The Balaban J connectivity index is 1.79. The number of likely N-dealkylation sites (tertiary alicyclic amines) is 1. The predicted octanol–water partition coefficient (Wildman–Crippen LogP) is 5.06. The largest absolute Gasteiger partial charge is 0.507 e. The van der Waals surface area contributed by atoms with Crippen LogP contribution in [0.25, 0.3) is 5.76 Å². The molecule has 36 heavy (non-hydrogen) atoms. The van der Waals surface area contributed by atoms with Crippen molar-refractivity contribution < 1.29 is 24.2 Å². The van der Waals surface area contributed by atoms with Gasteiger partial charge >= 0.3 is 0 Å². The Morgan fingerprint density at radius 2 is 1.89 bits per heavy atom. The molecule has 3 aromatic rings. The number of aliphatic hydroxyl groups excluding tert-OH is 1. The van der Waals surface area contributed by atoms with Crippen LogP contribution < -0.4 is 9.47 Å². The van der Waals surface area contributed by atoms with E-state index in [9.17, 15) is 14.7 Å². The summed E-state index contributed by atoms with van der Waals surface area (Å²) in [5.74, 6) is -0.473. The standard InChI is InChI=1S/C29H28N2O5/c1-3-15-35-23-12-10-21(11-13-23)26-25(27(32)22-8-5-9-24(17-22)36-16-4-2)28(33)29(34)31(26)19-20-7-6-14-30-18-20/h3,5-14,17-18,26,32H,1,4,15-16,19H2,2H3. The van der Waals surface area contributed by atoms with E-state index in [2.05, 4.69) is 11.6 Å². The number of nitrogens with zero attached hydrogens (tertiary/aromatic N) is 2. The molecule has 1 aliphatic heterocycles. The number of amides is 1. The van der Waals surface area contributed by atoms with Crippen LogP contribution in [0.2, 0.25) is 0 Å². The number of hydrogen-bond acceptors (Lipinski definition) is 6. The molecule has 1 unspecified atom stereocenters. The maximum absolute atomic E-state index is 13.3. The zero-order valence-corrected chi connectivity index (χ0v) is 20.1. The van der Waals surface area contributed by atoms with Gasteiger partial charge in [0.25, 0.3) is 11.7 Å². The lowest BCUT2D eigenvalue weighted by Gasteiger charge is -2.25. The van der Waals surface area contributed by atoms with Gasteiger partial charge in [0.05, 0.1) is 18.2 Å². The van der Waals surface area contributed by atoms with Gasteiger partial charge in [-0.2, -0.15) is 0 Å². The zero-order valence-electron chi connectivity index (χ0n) is 20.1. The van der Waals surface area contributed by atoms with Gasteiger partial charge in [0.15, 0.2) is 0 Å². The second-order valence-corrected chi connectivity index (χ2v) is 8.33. The van der Waals surface area contributed by atoms with Crippen LogP contribution in [0.1, 0.15) is 36.1 Å². The molecule has 2 heterocycles. The number of hydrogen-bond donors (Lipinski definition) is 1. The van der Waals surface area contributed by atoms with E-state index < -0.39 is 17.7 Å². The van der Waals surface area contributed by atoms with Crippen molar-refractivity contribution in [3.05, 3.63) is 108 Å². The Kier molecular flexibility index (Phi) is 7.80. The van der Waals surface area contributed by atoms with E-state index in [0.717, 1.165) is 12.0 Å². The average Bonchev–Trinajstić information content (AvgIpc) is 3.16. The van der Waals surface area contributed by atoms with Crippen molar-refractivity contribution in [2.75, 3.05) is 13.2 Å². The summed E-state index contributed by atoms with van der Waals surface area (Å²) in [6.45, 7) is 6.70. The summed E-state index contributed by atoms with van der Waals surface area (Å²) in [6.07, 6.45) is 5.78. The fourth-order valence-corrected chi connectivity index (χ4v) is 4.09. The number of carbonyl (C=O) groups excluding carboxylic acids is 2. The molecular formula is C29H28N2O5. The smallest absolute Gasteiger partial charge is 0.295 e. The number of pyridine rings is 1. The van der Waals surface area contributed by atoms with E-state index in [0.29, 0.717) is 35.8 Å². The molecule has 1 N–H and O–H groups in total. The van der Waals surface area contributed by atoms with Gasteiger partial charge in [0, 0.05) is 24.5 Å². The number of Topliss-reactive ketones (excluding diaryl/α,β-unsaturated/α-hetero) is 1. The molecule has 1 aliphatic rings. The summed E-state index contributed by atoms with van der Waals surface area (Å²) in [5, 5.41) is 11.3. The van der Waals surface area contributed by atoms with E-state index in [1.54, 1.807) is 73.1 Å². The van der Waals surface area contributed by atoms with Crippen LogP contribution in [-0.2, 0) is 16.1 Å². The van der Waals surface area contributed by atoms with Crippen LogP contribution in [-0.4, -0.2) is 39.9 Å². The van der Waals surface area contributed by atoms with Crippen LogP contribution in [0.3, 0.4) is 0 Å². The van der Waals surface area contributed by atoms with Crippen LogP contribution in [0.4, 0.5) is 0 Å². The molecule has 0 saturated carbocycles. The van der Waals surface area contributed by atoms with E-state index in [-0.39, 0.29) is 17.9 Å². The lowest BCUT2D eigenvalue weighted by atomic mass is 9.95. The fraction of sp³-hybridized carbons (Fsp3) is 0.207. The SMILES string of the molecule is C=CCOc1ccc(C2C(=C(O)c3cccc(OCCC)c3)C(=O)C(=O)N2Cc2cccnc2)cc1. The van der Waals surface area contributed by atoms with Crippen molar-refractivity contribution in [2.24, 2.45) is 0 Å². The Morgan fingerprint density at radius 3 is 2.58 bits per heavy atom. The minimum absolute atomic E-state index is 0.0243. The lowest BCUT2D eigenvalue weighted by molar-refractivity contribution is -0.140. The minimum atomic E-state index is -0.793. The maximum atomic E-state index is 13.3. The first-order valence-corrected chi connectivity index (χ1v) is 11.8. The number of ether oxygens (including phenoxy) is 2. The minimum Gasteiger partial charge on any atom is -0.507 e. The average molecular weight is 485 g/mol. The van der Waals surface area contributed by atoms with E-state index >= 15 is 0 Å². The van der Waals surface area contributed by atoms with Crippen molar-refractivity contribution in [2.45, 2.75) is 25.9 Å². The Morgan fingerprint density at radius 1 is 1.08 bits per heavy atom. The number of aliphatic hydroxyl groups is 1. The van der Waals surface area contributed by atoms with Crippen LogP contribution in [0.5, 0.6) is 11.5 Å². The highest BCUT2D eigenvalue weighted by Crippen LogP contribution is 2.41. The summed E-state index contributed by atoms with van der Waals surface area (Å²) < 4.78 is 11.3. The van der Waals surface area contributed by atoms with Gasteiger partial charge in [-0.1, -0.05) is 49.9 Å². The second kappa shape index (κ2) is 11.4. The molecule has 0 bridgehead atoms. The van der Waals surface area contributed by atoms with Crippen molar-refractivity contribution >= 4 is 17.4 Å². The number of benzene rings is 2. The van der Waals surface area contributed by atoms with Gasteiger partial charge < -0.3 is 19.5 Å². The van der Waals surface area contributed by atoms with Gasteiger partial charge in [0.2, 0.25) is 0 Å². The first-order chi connectivity index (χ1) is 17.5. The number of carbonyl (C=O) groups is 2. The van der Waals surface area contributed by atoms with Gasteiger partial charge in [-0.05, 0) is 47.9 Å². The normalized spacial score (nSPS) is 16.7. The number of rotatable bonds is 10. The molecule has 1 amide bonds. The molecule has 2 aromatic carbocycles. The van der Waals surface area contributed by atoms with Crippen molar-refractivity contribution in [3.8, 4) is 11.5 Å². The molecule has 184 valence electrons. The lowest BCUT2D eigenvalue weighted by Crippen LogP contribution is -2.29. The molecule has 1 saturated heterocycles. The van der Waals surface area contributed by atoms with Crippen molar-refractivity contribution in [3.63, 3.8) is 0 Å². The molecule has 1 atom stereocenters. The Labute approximate surface area is 210 Å². The van der Waals surface area contributed by atoms with E-state index in [1.165, 1.54) is 4.90 Å². The second-order valence-electron chi connectivity index (χ2n) is 8.33. The molecule has 4 rings (SSSR count). The molecule has 0 spiro atoms. The summed E-state index contributed by atoms with van der Waals surface area (Å²) in [4.78, 5) is 32.1. The molecule has 0 aliphatic carbocycles. The summed E-state index contributed by atoms with van der Waals surface area (Å²) in [6, 6.07) is 16.8. The molecule has 7 nitrogen and oxygen atoms in total. The van der Waals surface area contributed by atoms with Crippen LogP contribution >= 0.6 is 0 Å². The monoisotopic (exact) mass is 484 g/mol. The fourth-order valence-electron chi connectivity index (χ4n) is 4.09. The maximum Gasteiger partial charge on any atom is 0.295 e. The number of aromatic nitrogens is 1. The summed E-state index contributed by atoms with van der Waals surface area (Å²) in [7, 11) is 0. The van der Waals surface area contributed by atoms with Crippen molar-refractivity contribution in [1.29, 1.82) is 0 Å². The third-order valence-corrected chi connectivity index (χ3v) is 5.76. The van der Waals surface area contributed by atoms with Crippen LogP contribution in [0, 0.1) is 0 Å². The first kappa shape index (κ1) is 24.7. The highest BCUT2D eigenvalue weighted by molar-refractivity contribution is 6.46. The third kappa shape index (κ3) is 5.30. The highest BCUT2D eigenvalue weighted by atomic mass is 16.5. The quantitative estimate of drug-likeness (QED) is 0.187.